The summed E-state index contributed by atoms with van der Waals surface area (Å²) >= 11 is 0. The predicted molar refractivity (Wildman–Crippen MR) is 39.6 cm³/mol. The SMILES string of the molecule is CC(C)n1cncc1C(=O)O. The summed E-state index contributed by atoms with van der Waals surface area (Å²) in [6.45, 7) is 3.82. The number of nitrogens with zero attached hydrogens (tertiary/aromatic N) is 2. The number of hydrogen-bond donors (Lipinski definition) is 1. The molecule has 4 nitrogen and oxygen atoms in total. The van der Waals surface area contributed by atoms with Gasteiger partial charge in [0.25, 0.3) is 0 Å². The van der Waals surface area contributed by atoms with Gasteiger partial charge in [-0.1, -0.05) is 0 Å². The summed E-state index contributed by atoms with van der Waals surface area (Å²) in [5.41, 5.74) is 0.236. The molecule has 0 fully saturated rings. The van der Waals surface area contributed by atoms with E-state index in [9.17, 15) is 4.79 Å². The molecule has 1 N–H and O–H groups in total. The Labute approximate surface area is 64.5 Å². The van der Waals surface area contributed by atoms with Crippen LogP contribution in [0.4, 0.5) is 0 Å². The molecule has 0 aliphatic carbocycles. The Bertz CT molecular complexity index is 265. The molecule has 0 aliphatic rings. The first-order valence-electron chi connectivity index (χ1n) is 3.38. The van der Waals surface area contributed by atoms with Crippen LogP contribution in [0.15, 0.2) is 12.5 Å². The van der Waals surface area contributed by atoms with Gasteiger partial charge in [0.2, 0.25) is 0 Å². The van der Waals surface area contributed by atoms with E-state index in [0.29, 0.717) is 0 Å². The molecule has 0 atom stereocenters. The maximum Gasteiger partial charge on any atom is 0.354 e. The molecule has 1 heterocycles. The van der Waals surface area contributed by atoms with Crippen molar-refractivity contribution in [2.45, 2.75) is 19.9 Å². The largest absolute Gasteiger partial charge is 0.477 e. The lowest BCUT2D eigenvalue weighted by atomic mass is 10.3. The molecule has 4 heteroatoms. The van der Waals surface area contributed by atoms with Crippen molar-refractivity contribution in [1.82, 2.24) is 9.55 Å². The molecule has 1 aromatic heterocycles. The molecule has 0 aromatic carbocycles. The van der Waals surface area contributed by atoms with E-state index in [4.69, 9.17) is 5.11 Å². The number of carboxylic acid groups (broad SMARTS) is 1. The molecule has 0 aliphatic heterocycles. The van der Waals surface area contributed by atoms with Gasteiger partial charge in [-0.2, -0.15) is 0 Å². The van der Waals surface area contributed by atoms with E-state index in [0.717, 1.165) is 0 Å². The molecule has 60 valence electrons. The van der Waals surface area contributed by atoms with E-state index in [1.54, 1.807) is 4.57 Å². The van der Waals surface area contributed by atoms with Gasteiger partial charge in [0.05, 0.1) is 12.5 Å². The lowest BCUT2D eigenvalue weighted by Crippen LogP contribution is -2.09. The number of carboxylic acids is 1. The van der Waals surface area contributed by atoms with E-state index < -0.39 is 5.97 Å². The zero-order chi connectivity index (χ0) is 8.43. The summed E-state index contributed by atoms with van der Waals surface area (Å²) in [5.74, 6) is -0.934. The Morgan fingerprint density at radius 3 is 2.73 bits per heavy atom. The van der Waals surface area contributed by atoms with E-state index in [-0.39, 0.29) is 11.7 Å². The summed E-state index contributed by atoms with van der Waals surface area (Å²) < 4.78 is 1.61. The number of aromatic nitrogens is 2. The van der Waals surface area contributed by atoms with Gasteiger partial charge in [-0.05, 0) is 13.8 Å². The molecule has 1 rings (SSSR count). The highest BCUT2D eigenvalue weighted by Crippen LogP contribution is 2.07. The van der Waals surface area contributed by atoms with Crippen molar-refractivity contribution in [1.29, 1.82) is 0 Å². The van der Waals surface area contributed by atoms with E-state index in [2.05, 4.69) is 4.98 Å². The maximum atomic E-state index is 10.5. The fraction of sp³-hybridized carbons (Fsp3) is 0.429. The molecule has 0 bridgehead atoms. The van der Waals surface area contributed by atoms with Crippen LogP contribution in [-0.4, -0.2) is 20.6 Å². The molecule has 0 spiro atoms. The summed E-state index contributed by atoms with van der Waals surface area (Å²) in [5, 5.41) is 8.64. The summed E-state index contributed by atoms with van der Waals surface area (Å²) in [7, 11) is 0. The summed E-state index contributed by atoms with van der Waals surface area (Å²) in [4.78, 5) is 14.3. The molecule has 0 unspecified atom stereocenters. The Kier molecular flexibility index (Phi) is 1.94. The van der Waals surface area contributed by atoms with Gasteiger partial charge in [-0.25, -0.2) is 9.78 Å². The standard InChI is InChI=1S/C7H10N2O2/c1-5(2)9-4-8-3-6(9)7(10)11/h3-5H,1-2H3,(H,10,11). The zero-order valence-corrected chi connectivity index (χ0v) is 6.48. The third kappa shape index (κ3) is 1.39. The average molecular weight is 154 g/mol. The minimum Gasteiger partial charge on any atom is -0.477 e. The smallest absolute Gasteiger partial charge is 0.354 e. The number of imidazole rings is 1. The van der Waals surface area contributed by atoms with Gasteiger partial charge in [-0.15, -0.1) is 0 Å². The van der Waals surface area contributed by atoms with E-state index >= 15 is 0 Å². The van der Waals surface area contributed by atoms with E-state index in [1.807, 2.05) is 13.8 Å². The van der Waals surface area contributed by atoms with Crippen LogP contribution in [-0.2, 0) is 0 Å². The maximum absolute atomic E-state index is 10.5. The van der Waals surface area contributed by atoms with Gasteiger partial charge < -0.3 is 9.67 Å². The quantitative estimate of drug-likeness (QED) is 0.695. The fourth-order valence-electron chi connectivity index (χ4n) is 0.882. The first-order valence-corrected chi connectivity index (χ1v) is 3.38. The van der Waals surface area contributed by atoms with Crippen molar-refractivity contribution in [2.75, 3.05) is 0 Å². The Hall–Kier alpha value is -1.32. The van der Waals surface area contributed by atoms with Crippen molar-refractivity contribution in [3.63, 3.8) is 0 Å². The van der Waals surface area contributed by atoms with Gasteiger partial charge in [0.15, 0.2) is 0 Å². The number of aromatic carboxylic acids is 1. The highest BCUT2D eigenvalue weighted by Gasteiger charge is 2.10. The predicted octanol–water partition coefficient (Wildman–Crippen LogP) is 1.16. The summed E-state index contributed by atoms with van der Waals surface area (Å²) in [6, 6.07) is 0.142. The van der Waals surface area contributed by atoms with Gasteiger partial charge in [0.1, 0.15) is 5.69 Å². The first-order chi connectivity index (χ1) is 5.13. The van der Waals surface area contributed by atoms with Crippen LogP contribution in [0.3, 0.4) is 0 Å². The second-order valence-corrected chi connectivity index (χ2v) is 2.59. The van der Waals surface area contributed by atoms with Crippen molar-refractivity contribution in [2.24, 2.45) is 0 Å². The monoisotopic (exact) mass is 154 g/mol. The van der Waals surface area contributed by atoms with Crippen LogP contribution < -0.4 is 0 Å². The molecule has 11 heavy (non-hydrogen) atoms. The third-order valence-corrected chi connectivity index (χ3v) is 1.44. The fourth-order valence-corrected chi connectivity index (χ4v) is 0.882. The molecule has 0 radical (unpaired) electrons. The molecule has 0 saturated heterocycles. The Morgan fingerprint density at radius 1 is 1.73 bits per heavy atom. The molecule has 0 saturated carbocycles. The molecule has 1 aromatic rings. The van der Waals surface area contributed by atoms with Gasteiger partial charge >= 0.3 is 5.97 Å². The summed E-state index contributed by atoms with van der Waals surface area (Å²) in [6.07, 6.45) is 2.87. The van der Waals surface area contributed by atoms with E-state index in [1.165, 1.54) is 12.5 Å². The Balaban J connectivity index is 3.06. The second kappa shape index (κ2) is 2.74. The Morgan fingerprint density at radius 2 is 2.36 bits per heavy atom. The molecular weight excluding hydrogens is 144 g/mol. The topological polar surface area (TPSA) is 55.1 Å². The molecular formula is C7H10N2O2. The highest BCUT2D eigenvalue weighted by molar-refractivity contribution is 5.85. The van der Waals surface area contributed by atoms with Gasteiger partial charge in [0, 0.05) is 6.04 Å². The first kappa shape index (κ1) is 7.78. The van der Waals surface area contributed by atoms with Crippen molar-refractivity contribution < 1.29 is 9.90 Å². The third-order valence-electron chi connectivity index (χ3n) is 1.44. The van der Waals surface area contributed by atoms with Crippen LogP contribution in [0, 0.1) is 0 Å². The minimum absolute atomic E-state index is 0.142. The van der Waals surface area contributed by atoms with Crippen molar-refractivity contribution in [3.8, 4) is 0 Å². The van der Waals surface area contributed by atoms with Crippen LogP contribution in [0.5, 0.6) is 0 Å². The van der Waals surface area contributed by atoms with Gasteiger partial charge in [-0.3, -0.25) is 0 Å². The number of carbonyl (C=O) groups is 1. The lowest BCUT2D eigenvalue weighted by Gasteiger charge is -2.07. The average Bonchev–Trinajstić information content (AvgIpc) is 2.32. The number of rotatable bonds is 2. The zero-order valence-electron chi connectivity index (χ0n) is 6.48. The normalized spacial score (nSPS) is 10.5. The number of hydrogen-bond acceptors (Lipinski definition) is 2. The molecule has 0 amide bonds. The van der Waals surface area contributed by atoms with Crippen LogP contribution in [0.1, 0.15) is 30.4 Å². The van der Waals surface area contributed by atoms with Crippen molar-refractivity contribution in [3.05, 3.63) is 18.2 Å². The van der Waals surface area contributed by atoms with Crippen LogP contribution >= 0.6 is 0 Å². The second-order valence-electron chi connectivity index (χ2n) is 2.59. The van der Waals surface area contributed by atoms with Crippen LogP contribution in [0.25, 0.3) is 0 Å². The van der Waals surface area contributed by atoms with Crippen LogP contribution in [0.2, 0.25) is 0 Å². The van der Waals surface area contributed by atoms with Crippen molar-refractivity contribution >= 4 is 5.97 Å². The minimum atomic E-state index is -0.934. The highest BCUT2D eigenvalue weighted by atomic mass is 16.4. The lowest BCUT2D eigenvalue weighted by molar-refractivity contribution is 0.0683.